The zero-order chi connectivity index (χ0) is 19.5. The van der Waals surface area contributed by atoms with Crippen LogP contribution in [0.4, 0.5) is 5.69 Å². The number of thiazole rings is 1. The van der Waals surface area contributed by atoms with Gasteiger partial charge in [-0.1, -0.05) is 38.1 Å². The highest BCUT2D eigenvalue weighted by molar-refractivity contribution is 7.07. The molecule has 28 heavy (non-hydrogen) atoms. The molecule has 4 rings (SSSR count). The summed E-state index contributed by atoms with van der Waals surface area (Å²) in [5, 5.41) is 4.94. The molecular formula is C22H22N4OS. The Morgan fingerprint density at radius 3 is 2.68 bits per heavy atom. The lowest BCUT2D eigenvalue weighted by Crippen LogP contribution is -2.19. The third-order valence-electron chi connectivity index (χ3n) is 4.99. The molecular weight excluding hydrogens is 368 g/mol. The minimum atomic E-state index is -0.0871. The highest BCUT2D eigenvalue weighted by Crippen LogP contribution is 2.25. The molecule has 0 spiro atoms. The van der Waals surface area contributed by atoms with Crippen molar-refractivity contribution < 1.29 is 4.79 Å². The molecule has 0 radical (unpaired) electrons. The number of imidazole rings is 1. The molecule has 142 valence electrons. The van der Waals surface area contributed by atoms with Gasteiger partial charge in [0.1, 0.15) is 12.2 Å². The number of rotatable bonds is 6. The zero-order valence-electron chi connectivity index (χ0n) is 15.9. The molecule has 2 heterocycles. The molecule has 0 aliphatic carbocycles. The molecule has 2 aromatic heterocycles. The van der Waals surface area contributed by atoms with Gasteiger partial charge in [-0.05, 0) is 42.2 Å². The Balaban J connectivity index is 1.58. The Kier molecular flexibility index (Phi) is 5.21. The van der Waals surface area contributed by atoms with Crippen molar-refractivity contribution in [2.24, 2.45) is 0 Å². The zero-order valence-corrected chi connectivity index (χ0v) is 16.7. The van der Waals surface area contributed by atoms with E-state index in [2.05, 4.69) is 41.3 Å². The van der Waals surface area contributed by atoms with Crippen LogP contribution in [0.1, 0.15) is 31.7 Å². The van der Waals surface area contributed by atoms with E-state index >= 15 is 0 Å². The van der Waals surface area contributed by atoms with Crippen molar-refractivity contribution in [1.29, 1.82) is 0 Å². The van der Waals surface area contributed by atoms with E-state index in [4.69, 9.17) is 0 Å². The first kappa shape index (κ1) is 18.4. The van der Waals surface area contributed by atoms with Gasteiger partial charge >= 0.3 is 0 Å². The summed E-state index contributed by atoms with van der Waals surface area (Å²) in [6, 6.07) is 15.9. The molecule has 1 N–H and O–H groups in total. The van der Waals surface area contributed by atoms with E-state index in [0.29, 0.717) is 11.7 Å². The number of anilines is 1. The average molecular weight is 391 g/mol. The van der Waals surface area contributed by atoms with Gasteiger partial charge in [0.2, 0.25) is 5.91 Å². The van der Waals surface area contributed by atoms with Crippen LogP contribution in [0.25, 0.3) is 22.6 Å². The highest BCUT2D eigenvalue weighted by atomic mass is 32.1. The highest BCUT2D eigenvalue weighted by Gasteiger charge is 2.16. The molecule has 2 aromatic carbocycles. The fraction of sp³-hybridized carbons (Fsp3) is 0.227. The van der Waals surface area contributed by atoms with Crippen LogP contribution < -0.4 is 5.32 Å². The third-order valence-corrected chi connectivity index (χ3v) is 5.58. The number of nitrogens with one attached hydrogen (secondary N) is 1. The maximum absolute atomic E-state index is 12.7. The summed E-state index contributed by atoms with van der Waals surface area (Å²) in [5.74, 6) is 1.14. The Morgan fingerprint density at radius 2 is 1.96 bits per heavy atom. The molecule has 6 heteroatoms. The van der Waals surface area contributed by atoms with Crippen LogP contribution in [0.5, 0.6) is 0 Å². The minimum Gasteiger partial charge on any atom is -0.325 e. The normalized spacial score (nSPS) is 12.2. The summed E-state index contributed by atoms with van der Waals surface area (Å²) in [6.45, 7) is 4.56. The predicted octanol–water partition coefficient (Wildman–Crippen LogP) is 5.31. The van der Waals surface area contributed by atoms with E-state index in [9.17, 15) is 4.79 Å². The van der Waals surface area contributed by atoms with Crippen LogP contribution in [0.3, 0.4) is 0 Å². The van der Waals surface area contributed by atoms with Crippen molar-refractivity contribution in [3.8, 4) is 11.5 Å². The van der Waals surface area contributed by atoms with Gasteiger partial charge in [0.05, 0.1) is 16.5 Å². The number of para-hydroxylation sites is 2. The lowest BCUT2D eigenvalue weighted by molar-refractivity contribution is -0.116. The van der Waals surface area contributed by atoms with Crippen LogP contribution in [-0.4, -0.2) is 20.4 Å². The second kappa shape index (κ2) is 7.94. The van der Waals surface area contributed by atoms with Crippen LogP contribution in [0.15, 0.2) is 59.4 Å². The number of carbonyl (C=O) groups is 1. The lowest BCUT2D eigenvalue weighted by atomic mass is 9.99. The van der Waals surface area contributed by atoms with Crippen LogP contribution >= 0.6 is 11.3 Å². The summed E-state index contributed by atoms with van der Waals surface area (Å²) < 4.78 is 1.92. The summed E-state index contributed by atoms with van der Waals surface area (Å²) in [6.07, 6.45) is 1.10. The van der Waals surface area contributed by atoms with Gasteiger partial charge in [-0.3, -0.25) is 4.79 Å². The topological polar surface area (TPSA) is 59.8 Å². The Morgan fingerprint density at radius 1 is 1.18 bits per heavy atom. The van der Waals surface area contributed by atoms with Gasteiger partial charge in [0.25, 0.3) is 0 Å². The first-order valence-corrected chi connectivity index (χ1v) is 10.3. The maximum Gasteiger partial charge on any atom is 0.244 e. The van der Waals surface area contributed by atoms with Crippen molar-refractivity contribution in [1.82, 2.24) is 14.5 Å². The second-order valence-electron chi connectivity index (χ2n) is 6.86. The SMILES string of the molecule is CC[C@@H](C)c1ccc(NC(=O)Cn2c(-c3cscn3)nc3ccccc32)cc1. The second-order valence-corrected chi connectivity index (χ2v) is 7.58. The van der Waals surface area contributed by atoms with E-state index in [1.54, 1.807) is 5.51 Å². The van der Waals surface area contributed by atoms with E-state index in [1.807, 2.05) is 46.3 Å². The number of aromatic nitrogens is 3. The van der Waals surface area contributed by atoms with Gasteiger partial charge in [-0.2, -0.15) is 0 Å². The number of carbonyl (C=O) groups excluding carboxylic acids is 1. The molecule has 4 aromatic rings. The Bertz CT molecular complexity index is 1080. The molecule has 0 bridgehead atoms. The summed E-state index contributed by atoms with van der Waals surface area (Å²) >= 11 is 1.51. The maximum atomic E-state index is 12.7. The molecule has 0 saturated carbocycles. The average Bonchev–Trinajstić information content (AvgIpc) is 3.36. The van der Waals surface area contributed by atoms with Crippen LogP contribution in [0, 0.1) is 0 Å². The number of amides is 1. The van der Waals surface area contributed by atoms with Gasteiger partial charge in [0, 0.05) is 11.1 Å². The number of nitrogens with zero attached hydrogens (tertiary/aromatic N) is 3. The number of hydrogen-bond donors (Lipinski definition) is 1. The number of fused-ring (bicyclic) bond motifs is 1. The molecule has 0 aliphatic heterocycles. The van der Waals surface area contributed by atoms with Crippen LogP contribution in [0.2, 0.25) is 0 Å². The standard InChI is InChI=1S/C22H22N4OS/c1-3-15(2)16-8-10-17(11-9-16)24-21(27)12-26-20-7-5-4-6-18(20)25-22(26)19-13-28-14-23-19/h4-11,13-15H,3,12H2,1-2H3,(H,24,27)/t15-/m1/s1. The fourth-order valence-corrected chi connectivity index (χ4v) is 3.76. The summed E-state index contributed by atoms with van der Waals surface area (Å²) in [5.41, 5.74) is 6.43. The molecule has 1 atom stereocenters. The first-order valence-electron chi connectivity index (χ1n) is 9.39. The predicted molar refractivity (Wildman–Crippen MR) is 115 cm³/mol. The molecule has 0 saturated heterocycles. The summed E-state index contributed by atoms with van der Waals surface area (Å²) in [7, 11) is 0. The number of hydrogen-bond acceptors (Lipinski definition) is 4. The van der Waals surface area contributed by atoms with E-state index in [-0.39, 0.29) is 12.5 Å². The van der Waals surface area contributed by atoms with Crippen molar-refractivity contribution in [3.05, 3.63) is 65.0 Å². The molecule has 5 nitrogen and oxygen atoms in total. The van der Waals surface area contributed by atoms with Gasteiger partial charge in [0.15, 0.2) is 5.82 Å². The van der Waals surface area contributed by atoms with Crippen molar-refractivity contribution in [2.45, 2.75) is 32.7 Å². The quantitative estimate of drug-likeness (QED) is 0.485. The largest absolute Gasteiger partial charge is 0.325 e. The summed E-state index contributed by atoms with van der Waals surface area (Å²) in [4.78, 5) is 21.8. The van der Waals surface area contributed by atoms with Crippen molar-refractivity contribution >= 4 is 34.0 Å². The van der Waals surface area contributed by atoms with Crippen molar-refractivity contribution in [2.75, 3.05) is 5.32 Å². The Labute approximate surface area is 168 Å². The van der Waals surface area contributed by atoms with E-state index in [0.717, 1.165) is 28.8 Å². The monoisotopic (exact) mass is 390 g/mol. The molecule has 0 fully saturated rings. The number of benzene rings is 2. The lowest BCUT2D eigenvalue weighted by Gasteiger charge is -2.12. The first-order chi connectivity index (χ1) is 13.7. The van der Waals surface area contributed by atoms with Gasteiger partial charge in [-0.25, -0.2) is 9.97 Å². The Hall–Kier alpha value is -2.99. The molecule has 1 amide bonds. The minimum absolute atomic E-state index is 0.0871. The third kappa shape index (κ3) is 3.68. The van der Waals surface area contributed by atoms with E-state index < -0.39 is 0 Å². The molecule has 0 unspecified atom stereocenters. The van der Waals surface area contributed by atoms with Gasteiger partial charge < -0.3 is 9.88 Å². The fourth-order valence-electron chi connectivity index (χ4n) is 3.23. The van der Waals surface area contributed by atoms with Gasteiger partial charge in [-0.15, -0.1) is 11.3 Å². The van der Waals surface area contributed by atoms with E-state index in [1.165, 1.54) is 16.9 Å². The molecule has 0 aliphatic rings. The van der Waals surface area contributed by atoms with Crippen molar-refractivity contribution in [3.63, 3.8) is 0 Å². The smallest absolute Gasteiger partial charge is 0.244 e. The van der Waals surface area contributed by atoms with Crippen LogP contribution in [-0.2, 0) is 11.3 Å².